The third-order valence-electron chi connectivity index (χ3n) is 11.6. The number of unbranched alkanes of at least 4 members (excludes halogenated alkanes) is 1. The highest BCUT2D eigenvalue weighted by molar-refractivity contribution is 7.89. The number of benzene rings is 1. The van der Waals surface area contributed by atoms with Crippen molar-refractivity contribution in [2.75, 3.05) is 59.0 Å². The van der Waals surface area contributed by atoms with Crippen molar-refractivity contribution in [2.24, 2.45) is 5.92 Å². The number of carbonyl (C=O) groups is 2. The Morgan fingerprint density at radius 1 is 0.960 bits per heavy atom. The number of nitrogens with one attached hydrogen (secondary N) is 2. The molecule has 12 nitrogen and oxygen atoms in total. The van der Waals surface area contributed by atoms with Crippen LogP contribution in [-0.4, -0.2) is 115 Å². The number of nitrogens with zero attached hydrogens (tertiary/aromatic N) is 5. The number of piperazine rings is 1. The van der Waals surface area contributed by atoms with Gasteiger partial charge in [0.2, 0.25) is 21.8 Å². The normalized spacial score (nSPS) is 22.7. The highest BCUT2D eigenvalue weighted by Crippen LogP contribution is 2.36. The summed E-state index contributed by atoms with van der Waals surface area (Å²) in [6.07, 6.45) is 9.92. The molecule has 2 N–H and O–H groups in total. The van der Waals surface area contributed by atoms with E-state index in [0.29, 0.717) is 71.2 Å². The SMILES string of the molecule is CCCCN1C(=O)[C@H](CC2CCCCC2)NC(=O)C12CCN(Cc1c(C)nn(-c3ccc(S(=O)(=O)NCCN4CCOCC4)cc3)c1C)CC2. The predicted molar refractivity (Wildman–Crippen MR) is 192 cm³/mol. The minimum absolute atomic E-state index is 0.0339. The summed E-state index contributed by atoms with van der Waals surface area (Å²) in [7, 11) is -3.63. The van der Waals surface area contributed by atoms with Crippen LogP contribution in [0.25, 0.3) is 5.69 Å². The third-order valence-corrected chi connectivity index (χ3v) is 13.0. The Kier molecular flexibility index (Phi) is 12.0. The van der Waals surface area contributed by atoms with E-state index in [2.05, 4.69) is 26.8 Å². The Bertz CT molecular complexity index is 1570. The summed E-state index contributed by atoms with van der Waals surface area (Å²) in [5, 5.41) is 8.05. The fourth-order valence-electron chi connectivity index (χ4n) is 8.40. The van der Waals surface area contributed by atoms with Gasteiger partial charge in [-0.25, -0.2) is 17.8 Å². The summed E-state index contributed by atoms with van der Waals surface area (Å²) >= 11 is 0. The Morgan fingerprint density at radius 2 is 1.66 bits per heavy atom. The molecular weight excluding hydrogens is 655 g/mol. The van der Waals surface area contributed by atoms with E-state index in [0.717, 1.165) is 67.8 Å². The van der Waals surface area contributed by atoms with Crippen molar-refractivity contribution >= 4 is 21.8 Å². The molecule has 1 aliphatic carbocycles. The van der Waals surface area contributed by atoms with Crippen molar-refractivity contribution < 1.29 is 22.7 Å². The van der Waals surface area contributed by atoms with Gasteiger partial charge in [0, 0.05) is 63.6 Å². The molecule has 0 bridgehead atoms. The number of sulfonamides is 1. The summed E-state index contributed by atoms with van der Waals surface area (Å²) in [6.45, 7) is 12.9. The largest absolute Gasteiger partial charge is 0.379 e. The molecule has 0 radical (unpaired) electrons. The first-order valence-corrected chi connectivity index (χ1v) is 20.4. The molecule has 3 saturated heterocycles. The number of rotatable bonds is 13. The number of amides is 2. The van der Waals surface area contributed by atoms with Gasteiger partial charge in [-0.3, -0.25) is 19.4 Å². The van der Waals surface area contributed by atoms with E-state index in [1.54, 1.807) is 24.3 Å². The van der Waals surface area contributed by atoms with Crippen molar-refractivity contribution in [1.82, 2.24) is 34.5 Å². The maximum Gasteiger partial charge on any atom is 0.246 e. The monoisotopic (exact) mass is 711 g/mol. The van der Waals surface area contributed by atoms with Crippen LogP contribution in [0, 0.1) is 19.8 Å². The van der Waals surface area contributed by atoms with Gasteiger partial charge in [0.05, 0.1) is 29.5 Å². The number of likely N-dealkylation sites (tertiary alicyclic amines) is 1. The van der Waals surface area contributed by atoms with Gasteiger partial charge in [0.25, 0.3) is 0 Å². The first-order valence-electron chi connectivity index (χ1n) is 18.9. The molecule has 1 saturated carbocycles. The Balaban J connectivity index is 1.08. The number of aryl methyl sites for hydroxylation is 1. The molecule has 0 unspecified atom stereocenters. The van der Waals surface area contributed by atoms with Crippen molar-refractivity contribution in [2.45, 2.75) is 108 Å². The van der Waals surface area contributed by atoms with E-state index in [-0.39, 0.29) is 16.7 Å². The summed E-state index contributed by atoms with van der Waals surface area (Å²) in [4.78, 5) is 34.6. The number of morpholine rings is 1. The molecule has 4 aliphatic rings. The zero-order chi connectivity index (χ0) is 35.3. The highest BCUT2D eigenvalue weighted by atomic mass is 32.2. The van der Waals surface area contributed by atoms with Crippen LogP contribution < -0.4 is 10.0 Å². The van der Waals surface area contributed by atoms with Crippen LogP contribution >= 0.6 is 0 Å². The number of hydrogen-bond donors (Lipinski definition) is 2. The summed E-state index contributed by atoms with van der Waals surface area (Å²) in [6, 6.07) is 6.47. The van der Waals surface area contributed by atoms with Crippen LogP contribution in [0.2, 0.25) is 0 Å². The molecular formula is C37H57N7O5S. The first-order chi connectivity index (χ1) is 24.1. The second-order valence-electron chi connectivity index (χ2n) is 14.8. The summed E-state index contributed by atoms with van der Waals surface area (Å²) in [5.74, 6) is 0.673. The van der Waals surface area contributed by atoms with Gasteiger partial charge < -0.3 is 15.0 Å². The number of carbonyl (C=O) groups excluding carboxylic acids is 2. The molecule has 50 heavy (non-hydrogen) atoms. The second-order valence-corrected chi connectivity index (χ2v) is 16.6. The lowest BCUT2D eigenvalue weighted by molar-refractivity contribution is -0.162. The average molecular weight is 712 g/mol. The summed E-state index contributed by atoms with van der Waals surface area (Å²) in [5.41, 5.74) is 3.07. The Morgan fingerprint density at radius 3 is 2.34 bits per heavy atom. The lowest BCUT2D eigenvalue weighted by Gasteiger charge is -2.52. The van der Waals surface area contributed by atoms with E-state index in [9.17, 15) is 18.0 Å². The van der Waals surface area contributed by atoms with Gasteiger partial charge in [0.15, 0.2) is 0 Å². The van der Waals surface area contributed by atoms with Crippen LogP contribution in [0.4, 0.5) is 0 Å². The molecule has 3 aliphatic heterocycles. The maximum absolute atomic E-state index is 13.9. The van der Waals surface area contributed by atoms with E-state index >= 15 is 0 Å². The standard InChI is InChI=1S/C37H57N7O5S/c1-4-5-18-43-35(45)34(26-30-9-7-6-8-10-30)39-36(46)37(43)15-19-42(20-16-37)27-33-28(2)40-44(29(33)3)31-11-13-32(14-12-31)50(47,48)38-17-21-41-22-24-49-25-23-41/h11-14,30,34,38H,4-10,15-27H2,1-3H3,(H,39,46)/t34-/m0/s1. The maximum atomic E-state index is 13.9. The van der Waals surface area contributed by atoms with Crippen LogP contribution in [-0.2, 0) is 30.9 Å². The lowest BCUT2D eigenvalue weighted by atomic mass is 9.79. The Hall–Kier alpha value is -2.84. The van der Waals surface area contributed by atoms with Gasteiger partial charge in [-0.1, -0.05) is 45.4 Å². The van der Waals surface area contributed by atoms with Crippen molar-refractivity contribution in [3.05, 3.63) is 41.2 Å². The van der Waals surface area contributed by atoms with Crippen LogP contribution in [0.3, 0.4) is 0 Å². The minimum atomic E-state index is -3.63. The van der Waals surface area contributed by atoms with E-state index in [4.69, 9.17) is 9.84 Å². The van der Waals surface area contributed by atoms with Crippen molar-refractivity contribution in [3.63, 3.8) is 0 Å². The first kappa shape index (κ1) is 36.9. The third kappa shape index (κ3) is 8.12. The molecule has 6 rings (SSSR count). The van der Waals surface area contributed by atoms with E-state index < -0.39 is 21.6 Å². The summed E-state index contributed by atoms with van der Waals surface area (Å²) < 4.78 is 35.9. The Labute approximate surface area is 298 Å². The quantitative estimate of drug-likeness (QED) is 0.323. The minimum Gasteiger partial charge on any atom is -0.379 e. The zero-order valence-electron chi connectivity index (χ0n) is 30.3. The van der Waals surface area contributed by atoms with Gasteiger partial charge in [-0.2, -0.15) is 5.10 Å². The topological polar surface area (TPSA) is 129 Å². The van der Waals surface area contributed by atoms with Crippen LogP contribution in [0.1, 0.15) is 88.1 Å². The second kappa shape index (κ2) is 16.2. The van der Waals surface area contributed by atoms with Gasteiger partial charge in [0.1, 0.15) is 11.6 Å². The van der Waals surface area contributed by atoms with Gasteiger partial charge >= 0.3 is 0 Å². The number of ether oxygens (including phenoxy) is 1. The molecule has 4 heterocycles. The van der Waals surface area contributed by atoms with Crippen molar-refractivity contribution in [1.29, 1.82) is 0 Å². The molecule has 4 fully saturated rings. The van der Waals surface area contributed by atoms with Gasteiger partial charge in [-0.05, 0) is 69.7 Å². The molecule has 2 aromatic rings. The number of hydrogen-bond acceptors (Lipinski definition) is 8. The number of aromatic nitrogens is 2. The average Bonchev–Trinajstić information content (AvgIpc) is 3.40. The van der Waals surface area contributed by atoms with E-state index in [1.807, 2.05) is 23.4 Å². The highest BCUT2D eigenvalue weighted by Gasteiger charge is 2.53. The van der Waals surface area contributed by atoms with Gasteiger partial charge in [-0.15, -0.1) is 0 Å². The van der Waals surface area contributed by atoms with Crippen LogP contribution in [0.15, 0.2) is 29.2 Å². The van der Waals surface area contributed by atoms with Crippen molar-refractivity contribution in [3.8, 4) is 5.69 Å². The fourth-order valence-corrected chi connectivity index (χ4v) is 9.42. The molecule has 1 aromatic heterocycles. The van der Waals surface area contributed by atoms with Crippen LogP contribution in [0.5, 0.6) is 0 Å². The fraction of sp³-hybridized carbons (Fsp3) is 0.703. The molecule has 1 atom stereocenters. The molecule has 1 aromatic carbocycles. The molecule has 13 heteroatoms. The zero-order valence-corrected chi connectivity index (χ0v) is 31.1. The predicted octanol–water partition coefficient (Wildman–Crippen LogP) is 3.53. The molecule has 276 valence electrons. The van der Waals surface area contributed by atoms with E-state index in [1.165, 1.54) is 19.3 Å². The lowest BCUT2D eigenvalue weighted by Crippen LogP contribution is -2.73. The molecule has 2 amide bonds. The molecule has 1 spiro atoms. The number of piperidine rings is 1. The smallest absolute Gasteiger partial charge is 0.246 e.